The lowest BCUT2D eigenvalue weighted by molar-refractivity contribution is 0.00927. The third-order valence-electron chi connectivity index (χ3n) is 3.64. The highest BCUT2D eigenvalue weighted by Gasteiger charge is 2.35. The van der Waals surface area contributed by atoms with E-state index < -0.39 is 0 Å². The normalized spacial score (nSPS) is 23.7. The number of anilines is 1. The lowest BCUT2D eigenvalue weighted by Crippen LogP contribution is -2.25. The number of nitrogens with one attached hydrogen (secondary N) is 1. The van der Waals surface area contributed by atoms with Gasteiger partial charge in [-0.2, -0.15) is 0 Å². The highest BCUT2D eigenvalue weighted by molar-refractivity contribution is 5.48. The lowest BCUT2D eigenvalue weighted by atomic mass is 9.99. The first-order valence-corrected chi connectivity index (χ1v) is 6.68. The summed E-state index contributed by atoms with van der Waals surface area (Å²) < 4.78 is 5.83. The molecule has 1 fully saturated rings. The van der Waals surface area contributed by atoms with Crippen molar-refractivity contribution < 1.29 is 4.74 Å². The average molecular weight is 249 g/mol. The van der Waals surface area contributed by atoms with Crippen LogP contribution in [0.4, 0.5) is 5.82 Å². The highest BCUT2D eigenvalue weighted by Crippen LogP contribution is 2.35. The minimum Gasteiger partial charge on any atom is -0.373 e. The van der Waals surface area contributed by atoms with Crippen LogP contribution < -0.4 is 5.32 Å². The number of rotatable bonds is 3. The predicted molar refractivity (Wildman–Crippen MR) is 72.9 cm³/mol. The zero-order valence-electron chi connectivity index (χ0n) is 12.0. The van der Waals surface area contributed by atoms with Crippen LogP contribution in [0.1, 0.15) is 56.6 Å². The number of aromatic nitrogens is 2. The Bertz CT molecular complexity index is 437. The van der Waals surface area contributed by atoms with Gasteiger partial charge in [-0.15, -0.1) is 0 Å². The quantitative estimate of drug-likeness (QED) is 0.894. The summed E-state index contributed by atoms with van der Waals surface area (Å²) in [4.78, 5) is 9.36. The Balaban J connectivity index is 2.49. The van der Waals surface area contributed by atoms with E-state index in [4.69, 9.17) is 4.74 Å². The van der Waals surface area contributed by atoms with Crippen LogP contribution in [-0.4, -0.2) is 23.6 Å². The van der Waals surface area contributed by atoms with Gasteiger partial charge in [-0.05, 0) is 32.6 Å². The highest BCUT2D eigenvalue weighted by atomic mass is 16.5. The van der Waals surface area contributed by atoms with E-state index in [1.807, 2.05) is 7.05 Å². The summed E-state index contributed by atoms with van der Waals surface area (Å²) in [5.74, 6) is 2.16. The van der Waals surface area contributed by atoms with Crippen LogP contribution in [0.25, 0.3) is 0 Å². The average Bonchev–Trinajstić information content (AvgIpc) is 2.75. The standard InChI is InChI=1S/C14H23N3O/c1-9(2)11-10(3)16-13(17-12(11)15-5)14(4)7-6-8-18-14/h9H,6-8H2,1-5H3,(H,15,16,17). The van der Waals surface area contributed by atoms with Crippen LogP contribution >= 0.6 is 0 Å². The molecule has 1 atom stereocenters. The van der Waals surface area contributed by atoms with Gasteiger partial charge in [0.15, 0.2) is 5.82 Å². The van der Waals surface area contributed by atoms with Gasteiger partial charge in [-0.3, -0.25) is 0 Å². The van der Waals surface area contributed by atoms with Crippen LogP contribution in [0, 0.1) is 6.92 Å². The number of hydrogen-bond acceptors (Lipinski definition) is 4. The zero-order valence-corrected chi connectivity index (χ0v) is 12.0. The Morgan fingerprint density at radius 1 is 1.33 bits per heavy atom. The molecule has 4 heteroatoms. The van der Waals surface area contributed by atoms with Crippen LogP contribution in [0.3, 0.4) is 0 Å². The van der Waals surface area contributed by atoms with E-state index in [0.717, 1.165) is 36.8 Å². The largest absolute Gasteiger partial charge is 0.373 e. The SMILES string of the molecule is CNc1nc(C2(C)CCCO2)nc(C)c1C(C)C. The summed E-state index contributed by atoms with van der Waals surface area (Å²) in [6, 6.07) is 0. The summed E-state index contributed by atoms with van der Waals surface area (Å²) in [6.07, 6.45) is 2.08. The molecular weight excluding hydrogens is 226 g/mol. The maximum absolute atomic E-state index is 5.83. The fourth-order valence-electron chi connectivity index (χ4n) is 2.66. The molecule has 0 spiro atoms. The van der Waals surface area contributed by atoms with Gasteiger partial charge in [-0.25, -0.2) is 9.97 Å². The first-order valence-electron chi connectivity index (χ1n) is 6.68. The topological polar surface area (TPSA) is 47.0 Å². The van der Waals surface area contributed by atoms with Crippen molar-refractivity contribution in [1.82, 2.24) is 9.97 Å². The van der Waals surface area contributed by atoms with Crippen molar-refractivity contribution in [2.75, 3.05) is 19.0 Å². The van der Waals surface area contributed by atoms with E-state index in [1.54, 1.807) is 0 Å². The molecule has 1 aromatic heterocycles. The molecule has 1 N–H and O–H groups in total. The van der Waals surface area contributed by atoms with E-state index in [-0.39, 0.29) is 5.60 Å². The maximum Gasteiger partial charge on any atom is 0.162 e. The fourth-order valence-corrected chi connectivity index (χ4v) is 2.66. The molecule has 2 rings (SSSR count). The zero-order chi connectivity index (χ0) is 13.3. The van der Waals surface area contributed by atoms with Crippen LogP contribution in [0.5, 0.6) is 0 Å². The van der Waals surface area contributed by atoms with Gasteiger partial charge < -0.3 is 10.1 Å². The van der Waals surface area contributed by atoms with Crippen molar-refractivity contribution >= 4 is 5.82 Å². The molecule has 1 saturated heterocycles. The fraction of sp³-hybridized carbons (Fsp3) is 0.714. The molecule has 0 amide bonds. The Morgan fingerprint density at radius 2 is 2.06 bits per heavy atom. The van der Waals surface area contributed by atoms with E-state index in [0.29, 0.717) is 5.92 Å². The molecule has 0 saturated carbocycles. The summed E-state index contributed by atoms with van der Waals surface area (Å²) in [6.45, 7) is 9.28. The Morgan fingerprint density at radius 3 is 2.56 bits per heavy atom. The molecule has 0 aliphatic carbocycles. The lowest BCUT2D eigenvalue weighted by Gasteiger charge is -2.24. The molecular formula is C14H23N3O. The van der Waals surface area contributed by atoms with Gasteiger partial charge in [0.25, 0.3) is 0 Å². The number of ether oxygens (including phenoxy) is 1. The molecule has 18 heavy (non-hydrogen) atoms. The van der Waals surface area contributed by atoms with Gasteiger partial charge in [0.05, 0.1) is 0 Å². The predicted octanol–water partition coefficient (Wildman–Crippen LogP) is 2.98. The van der Waals surface area contributed by atoms with Crippen LogP contribution in [0.15, 0.2) is 0 Å². The Hall–Kier alpha value is -1.16. The smallest absolute Gasteiger partial charge is 0.162 e. The third-order valence-corrected chi connectivity index (χ3v) is 3.64. The van der Waals surface area contributed by atoms with Crippen molar-refractivity contribution in [2.45, 2.75) is 52.1 Å². The van der Waals surface area contributed by atoms with Crippen molar-refractivity contribution in [3.05, 3.63) is 17.1 Å². The minimum absolute atomic E-state index is 0.314. The van der Waals surface area contributed by atoms with Crippen molar-refractivity contribution in [1.29, 1.82) is 0 Å². The molecule has 1 aliphatic rings. The molecule has 1 aliphatic heterocycles. The molecule has 4 nitrogen and oxygen atoms in total. The van der Waals surface area contributed by atoms with Gasteiger partial charge in [0.2, 0.25) is 0 Å². The van der Waals surface area contributed by atoms with E-state index in [2.05, 4.69) is 43.0 Å². The van der Waals surface area contributed by atoms with E-state index in [1.165, 1.54) is 5.56 Å². The van der Waals surface area contributed by atoms with Crippen LogP contribution in [-0.2, 0) is 10.3 Å². The van der Waals surface area contributed by atoms with Gasteiger partial charge >= 0.3 is 0 Å². The summed E-state index contributed by atoms with van der Waals surface area (Å²) in [5.41, 5.74) is 1.94. The second-order valence-corrected chi connectivity index (χ2v) is 5.48. The Labute approximate surface area is 109 Å². The molecule has 1 unspecified atom stereocenters. The first kappa shape index (κ1) is 13.3. The van der Waals surface area contributed by atoms with Crippen molar-refractivity contribution in [3.8, 4) is 0 Å². The molecule has 0 bridgehead atoms. The van der Waals surface area contributed by atoms with Gasteiger partial charge in [-0.1, -0.05) is 13.8 Å². The van der Waals surface area contributed by atoms with Gasteiger partial charge in [0, 0.05) is 24.9 Å². The van der Waals surface area contributed by atoms with Crippen molar-refractivity contribution in [3.63, 3.8) is 0 Å². The molecule has 2 heterocycles. The number of hydrogen-bond donors (Lipinski definition) is 1. The summed E-state index contributed by atoms with van der Waals surface area (Å²) >= 11 is 0. The van der Waals surface area contributed by atoms with Gasteiger partial charge in [0.1, 0.15) is 11.4 Å². The molecule has 100 valence electrons. The van der Waals surface area contributed by atoms with E-state index >= 15 is 0 Å². The molecule has 0 aromatic carbocycles. The maximum atomic E-state index is 5.83. The van der Waals surface area contributed by atoms with Crippen molar-refractivity contribution in [2.24, 2.45) is 0 Å². The molecule has 1 aromatic rings. The summed E-state index contributed by atoms with van der Waals surface area (Å²) in [5, 5.41) is 3.19. The summed E-state index contributed by atoms with van der Waals surface area (Å²) in [7, 11) is 1.91. The monoisotopic (exact) mass is 249 g/mol. The van der Waals surface area contributed by atoms with E-state index in [9.17, 15) is 0 Å². The molecule has 0 radical (unpaired) electrons. The third kappa shape index (κ3) is 2.21. The second-order valence-electron chi connectivity index (χ2n) is 5.48. The number of aryl methyl sites for hydroxylation is 1. The first-order chi connectivity index (χ1) is 8.48. The minimum atomic E-state index is -0.314. The Kier molecular flexibility index (Phi) is 3.57. The van der Waals surface area contributed by atoms with Crippen LogP contribution in [0.2, 0.25) is 0 Å². The number of nitrogens with zero attached hydrogens (tertiary/aromatic N) is 2. The second kappa shape index (κ2) is 4.84.